The summed E-state index contributed by atoms with van der Waals surface area (Å²) < 4.78 is 6.26. The van der Waals surface area contributed by atoms with Gasteiger partial charge in [0.1, 0.15) is 5.60 Å². The van der Waals surface area contributed by atoms with Gasteiger partial charge < -0.3 is 10.1 Å². The zero-order valence-corrected chi connectivity index (χ0v) is 11.7. The Balaban J connectivity index is 1.62. The Morgan fingerprint density at radius 1 is 1.50 bits per heavy atom. The van der Waals surface area contributed by atoms with Crippen molar-refractivity contribution in [1.82, 2.24) is 9.88 Å². The first kappa shape index (κ1) is 12.1. The van der Waals surface area contributed by atoms with Crippen LogP contribution in [0.25, 0.3) is 0 Å². The van der Waals surface area contributed by atoms with Crippen LogP contribution in [-0.4, -0.2) is 41.0 Å². The van der Waals surface area contributed by atoms with Crippen molar-refractivity contribution in [3.8, 4) is 5.88 Å². The van der Waals surface area contributed by atoms with Crippen LogP contribution in [0.4, 0.5) is 5.69 Å². The molecule has 5 heteroatoms. The molecule has 3 fully saturated rings. The van der Waals surface area contributed by atoms with Crippen molar-refractivity contribution in [2.24, 2.45) is 5.92 Å². The van der Waals surface area contributed by atoms with E-state index in [2.05, 4.69) is 15.2 Å². The van der Waals surface area contributed by atoms with Gasteiger partial charge in [0.25, 0.3) is 0 Å². The Morgan fingerprint density at radius 3 is 2.95 bits per heavy atom. The number of amides is 1. The van der Waals surface area contributed by atoms with Crippen molar-refractivity contribution in [2.75, 3.05) is 25.0 Å². The van der Waals surface area contributed by atoms with Gasteiger partial charge in [-0.15, -0.1) is 0 Å². The van der Waals surface area contributed by atoms with Crippen molar-refractivity contribution < 1.29 is 9.53 Å². The fourth-order valence-corrected chi connectivity index (χ4v) is 3.98. The van der Waals surface area contributed by atoms with Gasteiger partial charge in [0.05, 0.1) is 11.9 Å². The maximum absolute atomic E-state index is 11.1. The summed E-state index contributed by atoms with van der Waals surface area (Å²) in [6.45, 7) is 4.94. The molecule has 5 nitrogen and oxygen atoms in total. The molecule has 5 rings (SSSR count). The highest BCUT2D eigenvalue weighted by atomic mass is 16.5. The molecule has 0 unspecified atom stereocenters. The number of rotatable bonds is 1. The smallest absolute Gasteiger partial charge is 0.221 e. The van der Waals surface area contributed by atoms with E-state index in [-0.39, 0.29) is 11.5 Å². The van der Waals surface area contributed by atoms with Crippen LogP contribution in [0.1, 0.15) is 25.3 Å². The third kappa shape index (κ3) is 1.80. The highest BCUT2D eigenvalue weighted by molar-refractivity contribution is 5.88. The molecule has 106 valence electrons. The van der Waals surface area contributed by atoms with Crippen molar-refractivity contribution in [3.05, 3.63) is 17.8 Å². The van der Waals surface area contributed by atoms with E-state index in [1.807, 2.05) is 6.07 Å². The summed E-state index contributed by atoms with van der Waals surface area (Å²) in [4.78, 5) is 18.0. The van der Waals surface area contributed by atoms with Crippen molar-refractivity contribution >= 4 is 11.6 Å². The number of piperidine rings is 3. The molecule has 4 aliphatic rings. The fourth-order valence-electron chi connectivity index (χ4n) is 3.98. The monoisotopic (exact) mass is 273 g/mol. The number of nitrogens with zero attached hydrogens (tertiary/aromatic N) is 2. The Bertz CT molecular complexity index is 566. The van der Waals surface area contributed by atoms with Gasteiger partial charge >= 0.3 is 0 Å². The first-order valence-electron chi connectivity index (χ1n) is 7.32. The first-order chi connectivity index (χ1) is 9.64. The van der Waals surface area contributed by atoms with Gasteiger partial charge in [-0.1, -0.05) is 0 Å². The molecule has 1 aromatic heterocycles. The summed E-state index contributed by atoms with van der Waals surface area (Å²) in [5, 5.41) is 2.79. The number of fused-ring (bicyclic) bond motifs is 3. The lowest BCUT2D eigenvalue weighted by molar-refractivity contribution is -0.114. The lowest BCUT2D eigenvalue weighted by Crippen LogP contribution is -2.61. The second-order valence-corrected chi connectivity index (χ2v) is 6.26. The van der Waals surface area contributed by atoms with E-state index in [4.69, 9.17) is 4.74 Å². The molecule has 4 aliphatic heterocycles. The first-order valence-corrected chi connectivity index (χ1v) is 7.32. The molecule has 0 aliphatic carbocycles. The van der Waals surface area contributed by atoms with Gasteiger partial charge in [0, 0.05) is 31.4 Å². The molecule has 1 N–H and O–H groups in total. The molecular weight excluding hydrogens is 254 g/mol. The van der Waals surface area contributed by atoms with E-state index < -0.39 is 0 Å². The number of hydrogen-bond acceptors (Lipinski definition) is 4. The Morgan fingerprint density at radius 2 is 2.30 bits per heavy atom. The molecule has 1 amide bonds. The summed E-state index contributed by atoms with van der Waals surface area (Å²) in [7, 11) is 0. The SMILES string of the molecule is CC(=O)Nc1cnc2c(c1)C[C@@]1(CN3CCC1CC3)O2. The number of aromatic nitrogens is 1. The molecule has 1 atom stereocenters. The van der Waals surface area contributed by atoms with Crippen LogP contribution >= 0.6 is 0 Å². The van der Waals surface area contributed by atoms with Gasteiger partial charge in [-0.3, -0.25) is 9.69 Å². The zero-order chi connectivity index (χ0) is 13.7. The van der Waals surface area contributed by atoms with Crippen LogP contribution in [0.15, 0.2) is 12.3 Å². The quantitative estimate of drug-likeness (QED) is 0.841. The molecular formula is C15H19N3O2. The van der Waals surface area contributed by atoms with E-state index in [0.717, 1.165) is 30.1 Å². The lowest BCUT2D eigenvalue weighted by atomic mass is 9.73. The summed E-state index contributed by atoms with van der Waals surface area (Å²) in [6, 6.07) is 2.01. The third-order valence-corrected chi connectivity index (χ3v) is 4.86. The van der Waals surface area contributed by atoms with Gasteiger partial charge in [0.15, 0.2) is 0 Å². The predicted molar refractivity (Wildman–Crippen MR) is 74.8 cm³/mol. The average molecular weight is 273 g/mol. The second-order valence-electron chi connectivity index (χ2n) is 6.26. The maximum Gasteiger partial charge on any atom is 0.221 e. The second kappa shape index (κ2) is 4.19. The number of ether oxygens (including phenoxy) is 1. The van der Waals surface area contributed by atoms with E-state index in [9.17, 15) is 4.79 Å². The zero-order valence-electron chi connectivity index (χ0n) is 11.7. The molecule has 0 aromatic carbocycles. The van der Waals surface area contributed by atoms with Gasteiger partial charge in [-0.2, -0.15) is 0 Å². The number of nitrogens with one attached hydrogen (secondary N) is 1. The standard InChI is InChI=1S/C15H19N3O2/c1-10(19)17-13-6-11-7-15(20-14(11)16-8-13)9-18-4-2-12(15)3-5-18/h6,8,12H,2-5,7,9H2,1H3,(H,17,19)/t15-/m0/s1. The van der Waals surface area contributed by atoms with Crippen LogP contribution in [-0.2, 0) is 11.2 Å². The van der Waals surface area contributed by atoms with Gasteiger partial charge in [-0.05, 0) is 32.0 Å². The van der Waals surface area contributed by atoms with Crippen LogP contribution in [0.2, 0.25) is 0 Å². The number of carbonyl (C=O) groups excluding carboxylic acids is 1. The Kier molecular flexibility index (Phi) is 2.54. The highest BCUT2D eigenvalue weighted by Gasteiger charge is 2.52. The van der Waals surface area contributed by atoms with E-state index in [1.54, 1.807) is 6.20 Å². The van der Waals surface area contributed by atoms with Crippen molar-refractivity contribution in [1.29, 1.82) is 0 Å². The Hall–Kier alpha value is -1.62. The van der Waals surface area contributed by atoms with E-state index >= 15 is 0 Å². The molecule has 5 heterocycles. The lowest BCUT2D eigenvalue weighted by Gasteiger charge is -2.50. The summed E-state index contributed by atoms with van der Waals surface area (Å²) in [5.74, 6) is 1.34. The highest BCUT2D eigenvalue weighted by Crippen LogP contribution is 2.46. The van der Waals surface area contributed by atoms with Crippen LogP contribution in [0.3, 0.4) is 0 Å². The van der Waals surface area contributed by atoms with E-state index in [0.29, 0.717) is 5.92 Å². The molecule has 0 radical (unpaired) electrons. The van der Waals surface area contributed by atoms with Crippen molar-refractivity contribution in [2.45, 2.75) is 31.8 Å². The summed E-state index contributed by atoms with van der Waals surface area (Å²) in [6.07, 6.45) is 5.06. The minimum absolute atomic E-state index is 0.0665. The molecule has 3 saturated heterocycles. The topological polar surface area (TPSA) is 54.5 Å². The maximum atomic E-state index is 11.1. The average Bonchev–Trinajstić information content (AvgIpc) is 2.76. The third-order valence-electron chi connectivity index (χ3n) is 4.86. The van der Waals surface area contributed by atoms with Crippen LogP contribution in [0, 0.1) is 5.92 Å². The fraction of sp³-hybridized carbons (Fsp3) is 0.600. The van der Waals surface area contributed by atoms with Gasteiger partial charge in [0.2, 0.25) is 11.8 Å². The summed E-state index contributed by atoms with van der Waals surface area (Å²) >= 11 is 0. The molecule has 2 bridgehead atoms. The van der Waals surface area contributed by atoms with Crippen molar-refractivity contribution in [3.63, 3.8) is 0 Å². The number of hydrogen-bond donors (Lipinski definition) is 1. The van der Waals surface area contributed by atoms with Crippen LogP contribution < -0.4 is 10.1 Å². The largest absolute Gasteiger partial charge is 0.469 e. The predicted octanol–water partition coefficient (Wildman–Crippen LogP) is 1.44. The van der Waals surface area contributed by atoms with E-state index in [1.165, 1.54) is 32.9 Å². The Labute approximate surface area is 118 Å². The van der Waals surface area contributed by atoms with Gasteiger partial charge in [-0.25, -0.2) is 4.98 Å². The van der Waals surface area contributed by atoms with Crippen LogP contribution in [0.5, 0.6) is 5.88 Å². The number of carbonyl (C=O) groups is 1. The minimum atomic E-state index is -0.0688. The summed E-state index contributed by atoms with van der Waals surface area (Å²) in [5.41, 5.74) is 1.82. The number of pyridine rings is 1. The molecule has 0 saturated carbocycles. The minimum Gasteiger partial charge on any atom is -0.469 e. The molecule has 1 spiro atoms. The molecule has 20 heavy (non-hydrogen) atoms. The normalized spacial score (nSPS) is 33.9. The molecule has 1 aromatic rings. The number of anilines is 1.